The maximum atomic E-state index is 13.1. The van der Waals surface area contributed by atoms with Gasteiger partial charge in [0.15, 0.2) is 0 Å². The minimum atomic E-state index is -0.632. The van der Waals surface area contributed by atoms with Crippen LogP contribution in [0.25, 0.3) is 0 Å². The van der Waals surface area contributed by atoms with Crippen LogP contribution in [0.2, 0.25) is 0 Å². The zero-order chi connectivity index (χ0) is 21.1. The molecule has 7 heteroatoms. The van der Waals surface area contributed by atoms with Crippen molar-refractivity contribution in [3.63, 3.8) is 0 Å². The molecule has 6 nitrogen and oxygen atoms in total. The van der Waals surface area contributed by atoms with Crippen molar-refractivity contribution in [2.75, 3.05) is 13.7 Å². The molecule has 0 spiro atoms. The molecule has 1 atom stereocenters. The van der Waals surface area contributed by atoms with E-state index in [1.54, 1.807) is 19.2 Å². The van der Waals surface area contributed by atoms with Crippen molar-refractivity contribution in [3.8, 4) is 11.5 Å². The van der Waals surface area contributed by atoms with E-state index in [4.69, 9.17) is 14.9 Å². The Labute approximate surface area is 170 Å². The Morgan fingerprint density at radius 2 is 1.93 bits per heavy atom. The van der Waals surface area contributed by atoms with Gasteiger partial charge >= 0.3 is 0 Å². The third-order valence-electron chi connectivity index (χ3n) is 3.99. The molecule has 0 heterocycles. The van der Waals surface area contributed by atoms with Crippen LogP contribution in [0.4, 0.5) is 4.39 Å². The first-order valence-electron chi connectivity index (χ1n) is 9.33. The molecule has 0 aliphatic heterocycles. The fourth-order valence-corrected chi connectivity index (χ4v) is 2.41. The van der Waals surface area contributed by atoms with Gasteiger partial charge in [0.1, 0.15) is 36.7 Å². The Bertz CT molecular complexity index is 836. The Balaban J connectivity index is 2.22. The fourth-order valence-electron chi connectivity index (χ4n) is 2.41. The topological polar surface area (TPSA) is 83.4 Å². The minimum absolute atomic E-state index is 0.0716. The summed E-state index contributed by atoms with van der Waals surface area (Å²) >= 11 is 0. The lowest BCUT2D eigenvalue weighted by Crippen LogP contribution is -2.28. The molecule has 0 saturated heterocycles. The molecule has 2 rings (SSSR count). The van der Waals surface area contributed by atoms with Crippen LogP contribution in [-0.2, 0) is 6.61 Å². The summed E-state index contributed by atoms with van der Waals surface area (Å²) in [6.07, 6.45) is 2.84. The van der Waals surface area contributed by atoms with Gasteiger partial charge in [-0.3, -0.25) is 10.2 Å². The maximum absolute atomic E-state index is 13.1. The molecule has 0 radical (unpaired) electrons. The van der Waals surface area contributed by atoms with Crippen LogP contribution in [0, 0.1) is 5.41 Å². The van der Waals surface area contributed by atoms with E-state index in [0.29, 0.717) is 24.5 Å². The first-order chi connectivity index (χ1) is 14.0. The van der Waals surface area contributed by atoms with Crippen molar-refractivity contribution in [2.24, 2.45) is 0 Å². The van der Waals surface area contributed by atoms with Crippen molar-refractivity contribution in [3.05, 3.63) is 71.9 Å². The van der Waals surface area contributed by atoms with Crippen LogP contribution in [0.3, 0.4) is 0 Å². The third kappa shape index (κ3) is 7.29. The number of hydrogen-bond donors (Lipinski definition) is 3. The first kappa shape index (κ1) is 21.9. The van der Waals surface area contributed by atoms with E-state index >= 15 is 0 Å². The predicted octanol–water partition coefficient (Wildman–Crippen LogP) is 3.83. The van der Waals surface area contributed by atoms with Crippen LogP contribution in [0.15, 0.2) is 60.8 Å². The molecule has 154 valence electrons. The molecular weight excluding hydrogens is 373 g/mol. The van der Waals surface area contributed by atoms with E-state index in [2.05, 4.69) is 10.6 Å². The van der Waals surface area contributed by atoms with Gasteiger partial charge in [-0.2, -0.15) is 0 Å². The number of alkyl halides is 1. The highest BCUT2D eigenvalue weighted by atomic mass is 19.1. The largest absolute Gasteiger partial charge is 0.489 e. The van der Waals surface area contributed by atoms with Crippen molar-refractivity contribution in [1.29, 1.82) is 5.41 Å². The summed E-state index contributed by atoms with van der Waals surface area (Å²) in [5.74, 6) is 0.196. The van der Waals surface area contributed by atoms with E-state index in [1.165, 1.54) is 18.3 Å². The lowest BCUT2D eigenvalue weighted by atomic mass is 10.1. The molecule has 0 fully saturated rings. The van der Waals surface area contributed by atoms with Crippen LogP contribution in [0.5, 0.6) is 11.5 Å². The summed E-state index contributed by atoms with van der Waals surface area (Å²) in [6, 6.07) is 14.3. The molecular formula is C22H26FN3O3. The average molecular weight is 399 g/mol. The van der Waals surface area contributed by atoms with Crippen molar-refractivity contribution in [1.82, 2.24) is 10.6 Å². The number of rotatable bonds is 10. The summed E-state index contributed by atoms with van der Waals surface area (Å²) in [6.45, 7) is 1.50. The third-order valence-corrected chi connectivity index (χ3v) is 3.99. The van der Waals surface area contributed by atoms with Crippen molar-refractivity contribution in [2.45, 2.75) is 26.1 Å². The number of ether oxygens (including phenoxy) is 2. The maximum Gasteiger partial charge on any atom is 0.257 e. The monoisotopic (exact) mass is 399 g/mol. The van der Waals surface area contributed by atoms with Crippen LogP contribution < -0.4 is 20.1 Å². The van der Waals surface area contributed by atoms with Crippen molar-refractivity contribution >= 4 is 11.7 Å². The number of nitrogens with one attached hydrogen (secondary N) is 3. The summed E-state index contributed by atoms with van der Waals surface area (Å²) in [5.41, 5.74) is 1.22. The number of amides is 1. The van der Waals surface area contributed by atoms with E-state index in [1.807, 2.05) is 37.3 Å². The Hall–Kier alpha value is -3.35. The fraction of sp³-hybridized carbons (Fsp3) is 0.273. The molecule has 0 saturated carbocycles. The molecule has 0 aliphatic carbocycles. The Morgan fingerprint density at radius 3 is 2.59 bits per heavy atom. The van der Waals surface area contributed by atoms with E-state index in [-0.39, 0.29) is 11.4 Å². The normalized spacial score (nSPS) is 11.7. The van der Waals surface area contributed by atoms with Crippen LogP contribution >= 0.6 is 0 Å². The van der Waals surface area contributed by atoms with Crippen LogP contribution in [0.1, 0.15) is 29.3 Å². The van der Waals surface area contributed by atoms with E-state index in [9.17, 15) is 9.18 Å². The molecule has 1 unspecified atom stereocenters. The zero-order valence-corrected chi connectivity index (χ0v) is 16.6. The summed E-state index contributed by atoms with van der Waals surface area (Å²) in [5, 5.41) is 13.0. The zero-order valence-electron chi connectivity index (χ0n) is 16.6. The Kier molecular flexibility index (Phi) is 8.69. The van der Waals surface area contributed by atoms with Gasteiger partial charge in [0.2, 0.25) is 0 Å². The SMILES string of the molecule is CCC(CF)Oc1cc(OCc2ccccc2)cc(C(=O)NC(=N)/C=C\NC)c1. The molecule has 29 heavy (non-hydrogen) atoms. The van der Waals surface area contributed by atoms with Gasteiger partial charge < -0.3 is 20.1 Å². The summed E-state index contributed by atoms with van der Waals surface area (Å²) in [4.78, 5) is 12.5. The van der Waals surface area contributed by atoms with E-state index < -0.39 is 18.7 Å². The smallest absolute Gasteiger partial charge is 0.257 e. The number of hydrogen-bond acceptors (Lipinski definition) is 5. The van der Waals surface area contributed by atoms with Gasteiger partial charge in [-0.25, -0.2) is 4.39 Å². The lowest BCUT2D eigenvalue weighted by Gasteiger charge is -2.16. The predicted molar refractivity (Wildman–Crippen MR) is 111 cm³/mol. The lowest BCUT2D eigenvalue weighted by molar-refractivity contribution is 0.0975. The number of carbonyl (C=O) groups is 1. The number of halogens is 1. The standard InChI is InChI=1S/C22H26FN3O3/c1-3-18(14-23)29-20-12-17(22(27)26-21(24)9-10-25-2)11-19(13-20)28-15-16-7-5-4-6-8-16/h4-13,18,25H,3,14-15H2,1-2H3,(H2,24,26,27)/b10-9-. The molecule has 0 aromatic heterocycles. The van der Waals surface area contributed by atoms with Crippen molar-refractivity contribution < 1.29 is 18.7 Å². The Morgan fingerprint density at radius 1 is 1.21 bits per heavy atom. The highest BCUT2D eigenvalue weighted by Crippen LogP contribution is 2.25. The van der Waals surface area contributed by atoms with Gasteiger partial charge in [0, 0.05) is 18.7 Å². The van der Waals surface area contributed by atoms with Crippen LogP contribution in [-0.4, -0.2) is 31.6 Å². The highest BCUT2D eigenvalue weighted by molar-refractivity contribution is 6.09. The minimum Gasteiger partial charge on any atom is -0.489 e. The summed E-state index contributed by atoms with van der Waals surface area (Å²) in [7, 11) is 1.69. The van der Waals surface area contributed by atoms with Gasteiger partial charge in [-0.15, -0.1) is 0 Å². The number of benzene rings is 2. The van der Waals surface area contributed by atoms with Gasteiger partial charge in [0.25, 0.3) is 5.91 Å². The number of amidine groups is 1. The molecule has 2 aromatic rings. The molecule has 2 aromatic carbocycles. The molecule has 0 aliphatic rings. The molecule has 3 N–H and O–H groups in total. The average Bonchev–Trinajstić information content (AvgIpc) is 2.75. The van der Waals surface area contributed by atoms with E-state index in [0.717, 1.165) is 5.56 Å². The first-order valence-corrected chi connectivity index (χ1v) is 9.33. The van der Waals surface area contributed by atoms with Gasteiger partial charge in [0.05, 0.1) is 0 Å². The van der Waals surface area contributed by atoms with Gasteiger partial charge in [-0.1, -0.05) is 37.3 Å². The second-order valence-electron chi connectivity index (χ2n) is 6.26. The molecule has 1 amide bonds. The molecule has 0 bridgehead atoms. The van der Waals surface area contributed by atoms with Gasteiger partial charge in [-0.05, 0) is 36.4 Å². The second kappa shape index (κ2) is 11.5. The number of carbonyl (C=O) groups excluding carboxylic acids is 1. The summed E-state index contributed by atoms with van der Waals surface area (Å²) < 4.78 is 24.6. The highest BCUT2D eigenvalue weighted by Gasteiger charge is 2.14. The second-order valence-corrected chi connectivity index (χ2v) is 6.26. The quantitative estimate of drug-likeness (QED) is 0.419.